The Bertz CT molecular complexity index is 529. The maximum absolute atomic E-state index is 5.95. The van der Waals surface area contributed by atoms with Gasteiger partial charge in [0.05, 0.1) is 0 Å². The second-order valence-electron chi connectivity index (χ2n) is 3.59. The molecule has 0 N–H and O–H groups in total. The summed E-state index contributed by atoms with van der Waals surface area (Å²) in [5, 5.41) is 0.682. The third-order valence-electron chi connectivity index (χ3n) is 2.35. The first-order valence-corrected chi connectivity index (χ1v) is 6.41. The number of rotatable bonds is 1. The molecule has 0 saturated carbocycles. The van der Waals surface area contributed by atoms with Crippen LogP contribution in [0.5, 0.6) is 0 Å². The molecule has 0 saturated heterocycles. The lowest BCUT2D eigenvalue weighted by Gasteiger charge is -2.12. The van der Waals surface area contributed by atoms with Crippen LogP contribution in [0.25, 0.3) is 11.1 Å². The van der Waals surface area contributed by atoms with Gasteiger partial charge in [-0.1, -0.05) is 76.7 Å². The molecule has 88 valence electrons. The minimum Gasteiger partial charge on any atom is -0.0843 e. The van der Waals surface area contributed by atoms with E-state index in [9.17, 15) is 0 Å². The van der Waals surface area contributed by atoms with Crippen LogP contribution in [0, 0.1) is 0 Å². The van der Waals surface area contributed by atoms with E-state index in [-0.39, 0.29) is 0 Å². The number of hydrogen-bond donors (Lipinski definition) is 0. The van der Waals surface area contributed by atoms with Gasteiger partial charge in [-0.15, -0.1) is 0 Å². The van der Waals surface area contributed by atoms with E-state index in [1.54, 1.807) is 6.07 Å². The number of hydrogen-bond acceptors (Lipinski definition) is 0. The summed E-state index contributed by atoms with van der Waals surface area (Å²) >= 11 is 23.5. The van der Waals surface area contributed by atoms with Gasteiger partial charge in [0.15, 0.2) is 0 Å². The molecule has 2 aromatic carbocycles. The van der Waals surface area contributed by atoms with E-state index in [0.717, 1.165) is 11.1 Å². The van der Waals surface area contributed by atoms with E-state index >= 15 is 0 Å². The van der Waals surface area contributed by atoms with Crippen molar-refractivity contribution in [2.45, 2.75) is 3.79 Å². The zero-order valence-electron chi connectivity index (χ0n) is 8.63. The van der Waals surface area contributed by atoms with Crippen molar-refractivity contribution in [1.29, 1.82) is 0 Å². The summed E-state index contributed by atoms with van der Waals surface area (Å²) in [6.07, 6.45) is 0. The lowest BCUT2D eigenvalue weighted by atomic mass is 10.0. The monoisotopic (exact) mass is 304 g/mol. The lowest BCUT2D eigenvalue weighted by molar-refractivity contribution is 1.24. The van der Waals surface area contributed by atoms with Crippen molar-refractivity contribution < 1.29 is 0 Å². The third kappa shape index (κ3) is 3.29. The van der Waals surface area contributed by atoms with Crippen LogP contribution in [0.4, 0.5) is 0 Å². The second kappa shape index (κ2) is 5.07. The second-order valence-corrected chi connectivity index (χ2v) is 6.31. The van der Waals surface area contributed by atoms with Crippen LogP contribution in [0.2, 0.25) is 5.02 Å². The maximum Gasteiger partial charge on any atom is 0.216 e. The minimum absolute atomic E-state index is 0.639. The van der Waals surface area contributed by atoms with E-state index in [1.807, 2.05) is 42.5 Å². The predicted molar refractivity (Wildman–Crippen MR) is 76.1 cm³/mol. The molecule has 0 amide bonds. The Balaban J connectivity index is 2.47. The summed E-state index contributed by atoms with van der Waals surface area (Å²) in [5.74, 6) is 0. The van der Waals surface area contributed by atoms with Gasteiger partial charge in [-0.3, -0.25) is 0 Å². The quantitative estimate of drug-likeness (QED) is 0.581. The number of alkyl halides is 3. The zero-order valence-corrected chi connectivity index (χ0v) is 11.7. The summed E-state index contributed by atoms with van der Waals surface area (Å²) in [4.78, 5) is 0. The molecule has 0 aliphatic carbocycles. The smallest absolute Gasteiger partial charge is 0.0843 e. The fourth-order valence-corrected chi connectivity index (χ4v) is 2.09. The van der Waals surface area contributed by atoms with E-state index < -0.39 is 3.79 Å². The Hall–Kier alpha value is -0.400. The molecule has 0 spiro atoms. The third-order valence-corrected chi connectivity index (χ3v) is 3.24. The Morgan fingerprint density at radius 2 is 1.35 bits per heavy atom. The van der Waals surface area contributed by atoms with Gasteiger partial charge in [0.2, 0.25) is 3.79 Å². The summed E-state index contributed by atoms with van der Waals surface area (Å²) in [6, 6.07) is 15.0. The Kier molecular flexibility index (Phi) is 3.89. The van der Waals surface area contributed by atoms with Crippen molar-refractivity contribution >= 4 is 46.4 Å². The highest BCUT2D eigenvalue weighted by molar-refractivity contribution is 6.66. The average Bonchev–Trinajstić information content (AvgIpc) is 2.28. The fourth-order valence-electron chi connectivity index (χ4n) is 1.54. The van der Waals surface area contributed by atoms with Crippen LogP contribution in [-0.2, 0) is 3.79 Å². The van der Waals surface area contributed by atoms with Gasteiger partial charge in [-0.05, 0) is 29.3 Å². The Morgan fingerprint density at radius 1 is 0.765 bits per heavy atom. The molecule has 0 radical (unpaired) electrons. The molecule has 0 aliphatic rings. The topological polar surface area (TPSA) is 0 Å². The first-order valence-electron chi connectivity index (χ1n) is 4.90. The highest BCUT2D eigenvalue weighted by atomic mass is 35.6. The molecule has 0 aliphatic heterocycles. The molecule has 4 heteroatoms. The van der Waals surface area contributed by atoms with Gasteiger partial charge in [0, 0.05) is 10.6 Å². The number of benzene rings is 2. The molecule has 0 fully saturated rings. The molecule has 0 bridgehead atoms. The Morgan fingerprint density at radius 3 is 1.94 bits per heavy atom. The molecule has 2 aromatic rings. The van der Waals surface area contributed by atoms with Gasteiger partial charge in [0.1, 0.15) is 0 Å². The number of halogens is 4. The molecule has 0 unspecified atom stereocenters. The van der Waals surface area contributed by atoms with Crippen LogP contribution in [0.3, 0.4) is 0 Å². The molecule has 17 heavy (non-hydrogen) atoms. The van der Waals surface area contributed by atoms with Crippen molar-refractivity contribution in [1.82, 2.24) is 0 Å². The highest BCUT2D eigenvalue weighted by Crippen LogP contribution is 2.39. The average molecular weight is 306 g/mol. The minimum atomic E-state index is -1.41. The van der Waals surface area contributed by atoms with Gasteiger partial charge in [0.25, 0.3) is 0 Å². The first kappa shape index (κ1) is 13.0. The van der Waals surface area contributed by atoms with Crippen molar-refractivity contribution in [3.05, 3.63) is 59.1 Å². The summed E-state index contributed by atoms with van der Waals surface area (Å²) in [7, 11) is 0. The highest BCUT2D eigenvalue weighted by Gasteiger charge is 2.22. The molecule has 0 atom stereocenters. The maximum atomic E-state index is 5.95. The summed E-state index contributed by atoms with van der Waals surface area (Å²) in [6.45, 7) is 0. The normalized spacial score (nSPS) is 11.5. The van der Waals surface area contributed by atoms with Crippen LogP contribution in [-0.4, -0.2) is 0 Å². The van der Waals surface area contributed by atoms with E-state index in [0.29, 0.717) is 10.6 Å². The zero-order chi connectivity index (χ0) is 12.5. The SMILES string of the molecule is Clc1cccc(-c2cccc(C(Cl)(Cl)Cl)c2)c1. The fraction of sp³-hybridized carbons (Fsp3) is 0.0769. The lowest BCUT2D eigenvalue weighted by Crippen LogP contribution is -1.99. The van der Waals surface area contributed by atoms with E-state index in [1.165, 1.54) is 0 Å². The molecule has 0 nitrogen and oxygen atoms in total. The molecule has 0 heterocycles. The van der Waals surface area contributed by atoms with Gasteiger partial charge >= 0.3 is 0 Å². The summed E-state index contributed by atoms with van der Waals surface area (Å²) < 4.78 is -1.41. The van der Waals surface area contributed by atoms with Crippen molar-refractivity contribution in [2.24, 2.45) is 0 Å². The van der Waals surface area contributed by atoms with Crippen molar-refractivity contribution in [2.75, 3.05) is 0 Å². The standard InChI is InChI=1S/C13H8Cl4/c14-12-6-2-4-10(8-12)9-3-1-5-11(7-9)13(15,16)17/h1-8H. The van der Waals surface area contributed by atoms with Gasteiger partial charge in [-0.25, -0.2) is 0 Å². The van der Waals surface area contributed by atoms with E-state index in [2.05, 4.69) is 0 Å². The largest absolute Gasteiger partial charge is 0.216 e. The van der Waals surface area contributed by atoms with Crippen LogP contribution >= 0.6 is 46.4 Å². The predicted octanol–water partition coefficient (Wildman–Crippen LogP) is 5.83. The van der Waals surface area contributed by atoms with Gasteiger partial charge in [-0.2, -0.15) is 0 Å². The van der Waals surface area contributed by atoms with Crippen LogP contribution in [0.1, 0.15) is 5.56 Å². The molecule has 0 aromatic heterocycles. The Labute approximate surface area is 120 Å². The first-order chi connectivity index (χ1) is 7.97. The molecule has 2 rings (SSSR count). The van der Waals surface area contributed by atoms with Crippen LogP contribution in [0.15, 0.2) is 48.5 Å². The van der Waals surface area contributed by atoms with Crippen molar-refractivity contribution in [3.63, 3.8) is 0 Å². The van der Waals surface area contributed by atoms with Gasteiger partial charge < -0.3 is 0 Å². The molecular formula is C13H8Cl4. The van der Waals surface area contributed by atoms with Crippen LogP contribution < -0.4 is 0 Å². The van der Waals surface area contributed by atoms with Crippen molar-refractivity contribution in [3.8, 4) is 11.1 Å². The van der Waals surface area contributed by atoms with E-state index in [4.69, 9.17) is 46.4 Å². The molecular weight excluding hydrogens is 298 g/mol. The summed E-state index contributed by atoms with van der Waals surface area (Å²) in [5.41, 5.74) is 2.60.